The van der Waals surface area contributed by atoms with Gasteiger partial charge < -0.3 is 15.5 Å². The molecule has 0 heterocycles. The maximum absolute atomic E-state index is 9.94. The predicted octanol–water partition coefficient (Wildman–Crippen LogP) is 1.59. The van der Waals surface area contributed by atoms with Crippen molar-refractivity contribution < 1.29 is 10.2 Å². The third-order valence-electron chi connectivity index (χ3n) is 2.50. The Morgan fingerprint density at radius 1 is 1.38 bits per heavy atom. The van der Waals surface area contributed by atoms with E-state index < -0.39 is 12.2 Å². The Morgan fingerprint density at radius 3 is 2.75 bits per heavy atom. The number of hydrogen-bond acceptors (Lipinski definition) is 3. The van der Waals surface area contributed by atoms with Crippen molar-refractivity contribution in [2.75, 3.05) is 13.6 Å². The van der Waals surface area contributed by atoms with Crippen LogP contribution in [0.15, 0.2) is 24.3 Å². The van der Waals surface area contributed by atoms with Crippen LogP contribution in [0.3, 0.4) is 0 Å². The van der Waals surface area contributed by atoms with Gasteiger partial charge in [-0.05, 0) is 31.1 Å². The first-order valence-corrected chi connectivity index (χ1v) is 6.46. The predicted molar refractivity (Wildman–Crippen MR) is 68.6 cm³/mol. The van der Waals surface area contributed by atoms with Gasteiger partial charge in [-0.15, -0.1) is 0 Å². The Kier molecular flexibility index (Phi) is 5.98. The largest absolute Gasteiger partial charge is 0.390 e. The molecule has 0 fully saturated rings. The van der Waals surface area contributed by atoms with E-state index in [2.05, 4.69) is 21.2 Å². The van der Waals surface area contributed by atoms with Crippen molar-refractivity contribution in [1.82, 2.24) is 5.32 Å². The minimum absolute atomic E-state index is 0.538. The Labute approximate surface area is 105 Å². The molecule has 3 N–H and O–H groups in total. The third kappa shape index (κ3) is 3.87. The Hall–Kier alpha value is -0.420. The van der Waals surface area contributed by atoms with Crippen molar-refractivity contribution in [3.63, 3.8) is 0 Å². The second-order valence-electron chi connectivity index (χ2n) is 3.78. The number of rotatable bonds is 6. The van der Waals surface area contributed by atoms with E-state index in [4.69, 9.17) is 0 Å². The topological polar surface area (TPSA) is 52.5 Å². The molecular weight excluding hydrogens is 270 g/mol. The van der Waals surface area contributed by atoms with E-state index in [-0.39, 0.29) is 0 Å². The fourth-order valence-electron chi connectivity index (χ4n) is 1.53. The lowest BCUT2D eigenvalue weighted by Crippen LogP contribution is -2.23. The number of aliphatic hydroxyl groups excluding tert-OH is 2. The minimum atomic E-state index is -0.813. The highest BCUT2D eigenvalue weighted by Crippen LogP contribution is 2.20. The molecule has 16 heavy (non-hydrogen) atoms. The molecule has 90 valence electrons. The zero-order chi connectivity index (χ0) is 12.0. The van der Waals surface area contributed by atoms with E-state index in [1.54, 1.807) is 0 Å². The summed E-state index contributed by atoms with van der Waals surface area (Å²) in [4.78, 5) is 0. The van der Waals surface area contributed by atoms with E-state index in [0.717, 1.165) is 16.5 Å². The minimum Gasteiger partial charge on any atom is -0.390 e. The van der Waals surface area contributed by atoms with Gasteiger partial charge >= 0.3 is 0 Å². The van der Waals surface area contributed by atoms with Crippen molar-refractivity contribution in [1.29, 1.82) is 0 Å². The highest BCUT2D eigenvalue weighted by atomic mass is 79.9. The fourth-order valence-corrected chi connectivity index (χ4v) is 1.88. The molecule has 0 saturated carbocycles. The zero-order valence-electron chi connectivity index (χ0n) is 9.36. The smallest absolute Gasteiger partial charge is 0.105 e. The van der Waals surface area contributed by atoms with Crippen LogP contribution in [0.4, 0.5) is 0 Å². The Morgan fingerprint density at radius 2 is 2.12 bits per heavy atom. The molecule has 0 saturated heterocycles. The normalized spacial score (nSPS) is 14.8. The maximum Gasteiger partial charge on any atom is 0.105 e. The number of aliphatic hydroxyl groups is 2. The number of hydrogen-bond donors (Lipinski definition) is 3. The highest BCUT2D eigenvalue weighted by molar-refractivity contribution is 9.08. The van der Waals surface area contributed by atoms with E-state index in [1.165, 1.54) is 0 Å². The molecule has 1 aromatic carbocycles. The maximum atomic E-state index is 9.94. The van der Waals surface area contributed by atoms with Gasteiger partial charge in [0.2, 0.25) is 0 Å². The standard InChI is InChI=1S/C12H18BrNO2/c1-14-6-5-11(15)12(16)10-4-2-3-9(7-10)8-13/h2-4,7,11-12,14-16H,5-6,8H2,1H3. The zero-order valence-corrected chi connectivity index (χ0v) is 10.9. The van der Waals surface area contributed by atoms with Crippen LogP contribution in [-0.4, -0.2) is 29.9 Å². The molecular formula is C12H18BrNO2. The summed E-state index contributed by atoms with van der Waals surface area (Å²) >= 11 is 3.37. The van der Waals surface area contributed by atoms with Crippen LogP contribution in [0.2, 0.25) is 0 Å². The molecule has 0 radical (unpaired) electrons. The quantitative estimate of drug-likeness (QED) is 0.697. The van der Waals surface area contributed by atoms with Crippen LogP contribution in [0, 0.1) is 0 Å². The van der Waals surface area contributed by atoms with Crippen molar-refractivity contribution in [2.24, 2.45) is 0 Å². The molecule has 0 bridgehead atoms. The van der Waals surface area contributed by atoms with Crippen molar-refractivity contribution in [3.8, 4) is 0 Å². The molecule has 2 atom stereocenters. The van der Waals surface area contributed by atoms with E-state index >= 15 is 0 Å². The number of halogens is 1. The summed E-state index contributed by atoms with van der Waals surface area (Å²) in [6, 6.07) is 7.60. The summed E-state index contributed by atoms with van der Waals surface area (Å²) in [5.74, 6) is 0. The van der Waals surface area contributed by atoms with E-state index in [1.807, 2.05) is 31.3 Å². The molecule has 3 nitrogen and oxygen atoms in total. The molecule has 0 spiro atoms. The number of benzene rings is 1. The average Bonchev–Trinajstić information content (AvgIpc) is 2.35. The van der Waals surface area contributed by atoms with Gasteiger partial charge in [0.15, 0.2) is 0 Å². The molecule has 1 rings (SSSR count). The first-order valence-electron chi connectivity index (χ1n) is 5.34. The Balaban J connectivity index is 2.67. The molecule has 0 aliphatic heterocycles. The second kappa shape index (κ2) is 7.01. The Bertz CT molecular complexity index is 320. The van der Waals surface area contributed by atoms with E-state index in [0.29, 0.717) is 13.0 Å². The summed E-state index contributed by atoms with van der Waals surface area (Å²) in [6.45, 7) is 0.691. The second-order valence-corrected chi connectivity index (χ2v) is 4.34. The van der Waals surface area contributed by atoms with Gasteiger partial charge in [-0.2, -0.15) is 0 Å². The van der Waals surface area contributed by atoms with Crippen LogP contribution in [-0.2, 0) is 5.33 Å². The summed E-state index contributed by atoms with van der Waals surface area (Å²) in [7, 11) is 1.82. The first kappa shape index (κ1) is 13.6. The van der Waals surface area contributed by atoms with Crippen molar-refractivity contribution >= 4 is 15.9 Å². The van der Waals surface area contributed by atoms with Crippen LogP contribution in [0.25, 0.3) is 0 Å². The van der Waals surface area contributed by atoms with Gasteiger partial charge in [-0.1, -0.05) is 40.2 Å². The molecule has 0 aliphatic carbocycles. The number of nitrogens with one attached hydrogen (secondary N) is 1. The van der Waals surface area contributed by atoms with Crippen LogP contribution >= 0.6 is 15.9 Å². The van der Waals surface area contributed by atoms with Gasteiger partial charge in [0.05, 0.1) is 6.10 Å². The lowest BCUT2D eigenvalue weighted by atomic mass is 10.0. The van der Waals surface area contributed by atoms with Crippen molar-refractivity contribution in [2.45, 2.75) is 24.0 Å². The number of alkyl halides is 1. The average molecular weight is 288 g/mol. The summed E-state index contributed by atoms with van der Waals surface area (Å²) < 4.78 is 0. The third-order valence-corrected chi connectivity index (χ3v) is 3.15. The van der Waals surface area contributed by atoms with Crippen molar-refractivity contribution in [3.05, 3.63) is 35.4 Å². The molecule has 0 aliphatic rings. The molecule has 1 aromatic rings. The molecule has 0 aromatic heterocycles. The lowest BCUT2D eigenvalue weighted by molar-refractivity contribution is 0.0140. The van der Waals surface area contributed by atoms with Gasteiger partial charge in [0, 0.05) is 5.33 Å². The van der Waals surface area contributed by atoms with E-state index in [9.17, 15) is 10.2 Å². The summed E-state index contributed by atoms with van der Waals surface area (Å²) in [5.41, 5.74) is 1.86. The molecule has 0 amide bonds. The van der Waals surface area contributed by atoms with Crippen LogP contribution in [0.1, 0.15) is 23.7 Å². The lowest BCUT2D eigenvalue weighted by Gasteiger charge is -2.18. The SMILES string of the molecule is CNCCC(O)C(O)c1cccc(CBr)c1. The van der Waals surface area contributed by atoms with Gasteiger partial charge in [-0.3, -0.25) is 0 Å². The monoisotopic (exact) mass is 287 g/mol. The van der Waals surface area contributed by atoms with Gasteiger partial charge in [0.1, 0.15) is 6.10 Å². The van der Waals surface area contributed by atoms with Crippen LogP contribution < -0.4 is 5.32 Å². The van der Waals surface area contributed by atoms with Crippen LogP contribution in [0.5, 0.6) is 0 Å². The molecule has 4 heteroatoms. The molecule has 2 unspecified atom stereocenters. The summed E-state index contributed by atoms with van der Waals surface area (Å²) in [5, 5.41) is 23.4. The highest BCUT2D eigenvalue weighted by Gasteiger charge is 2.17. The van der Waals surface area contributed by atoms with Gasteiger partial charge in [-0.25, -0.2) is 0 Å². The first-order chi connectivity index (χ1) is 7.69. The fraction of sp³-hybridized carbons (Fsp3) is 0.500. The summed E-state index contributed by atoms with van der Waals surface area (Å²) in [6.07, 6.45) is -0.999. The van der Waals surface area contributed by atoms with Gasteiger partial charge in [0.25, 0.3) is 0 Å².